The highest BCUT2D eigenvalue weighted by molar-refractivity contribution is 6.53. The van der Waals surface area contributed by atoms with Gasteiger partial charge >= 0.3 is 0 Å². The topological polar surface area (TPSA) is 58.2 Å². The minimum atomic E-state index is -1.46. The molecule has 0 spiro atoms. The van der Waals surface area contributed by atoms with Crippen LogP contribution in [0.1, 0.15) is 28.3 Å². The molecule has 0 unspecified atom stereocenters. The molecule has 11 heteroatoms. The fourth-order valence-corrected chi connectivity index (χ4v) is 4.53. The lowest BCUT2D eigenvalue weighted by Gasteiger charge is -2.11. The summed E-state index contributed by atoms with van der Waals surface area (Å²) in [4.78, 5) is 25.0. The Kier molecular flexibility index (Phi) is 7.59. The monoisotopic (exact) mass is 528 g/mol. The number of alkyl halides is 3. The number of hydrogen-bond donors (Lipinski definition) is 2. The van der Waals surface area contributed by atoms with E-state index in [0.29, 0.717) is 17.9 Å². The zero-order chi connectivity index (χ0) is 22.9. The molecule has 2 atom stereocenters. The van der Waals surface area contributed by atoms with Gasteiger partial charge in [0.25, 0.3) is 5.91 Å². The second-order valence-electron chi connectivity index (χ2n) is 6.91. The molecule has 31 heavy (non-hydrogen) atoms. The van der Waals surface area contributed by atoms with Crippen LogP contribution in [0.4, 0.5) is 14.5 Å². The van der Waals surface area contributed by atoms with Crippen molar-refractivity contribution in [2.75, 3.05) is 17.7 Å². The number of amides is 2. The Hall–Kier alpha value is -1.31. The fourth-order valence-electron chi connectivity index (χ4n) is 3.18. The SMILES string of the molecule is O=C(NCCCCl)c1cc(NC(=O)[C@H]2[C@H](c3ccc(F)c(Cl)c3)C2(Cl)Cl)cc(F)c1Cl. The summed E-state index contributed by atoms with van der Waals surface area (Å²) in [5.74, 6) is -3.93. The standard InChI is InChI=1S/C20H15Cl5F2N2O2/c21-4-1-5-28-18(30)11-7-10(8-14(27)17(11)23)29-19(31)16-15(20(16,24)25)9-2-3-13(26)12(22)6-9/h2-3,6-8,15-16H,1,4-5H2,(H,28,30)(H,29,31)/t15-,16+/m0/s1. The Morgan fingerprint density at radius 3 is 2.42 bits per heavy atom. The molecule has 1 fully saturated rings. The van der Waals surface area contributed by atoms with Gasteiger partial charge < -0.3 is 10.6 Å². The molecule has 2 N–H and O–H groups in total. The van der Waals surface area contributed by atoms with E-state index in [1.165, 1.54) is 18.2 Å². The van der Waals surface area contributed by atoms with E-state index in [-0.39, 0.29) is 27.8 Å². The second-order valence-corrected chi connectivity index (χ2v) is 9.52. The van der Waals surface area contributed by atoms with Crippen molar-refractivity contribution >= 4 is 75.5 Å². The van der Waals surface area contributed by atoms with Crippen molar-refractivity contribution in [2.24, 2.45) is 5.92 Å². The van der Waals surface area contributed by atoms with Gasteiger partial charge in [0.15, 0.2) is 0 Å². The van der Waals surface area contributed by atoms with Crippen molar-refractivity contribution in [3.05, 3.63) is 63.1 Å². The first-order chi connectivity index (χ1) is 14.6. The van der Waals surface area contributed by atoms with Crippen molar-refractivity contribution in [3.63, 3.8) is 0 Å². The highest BCUT2D eigenvalue weighted by Gasteiger charge is 2.67. The number of carbonyl (C=O) groups is 2. The third kappa shape index (κ3) is 5.20. The Morgan fingerprint density at radius 1 is 1.06 bits per heavy atom. The molecule has 2 aromatic carbocycles. The molecular formula is C20H15Cl5F2N2O2. The molecule has 1 saturated carbocycles. The number of rotatable bonds is 7. The molecule has 2 aromatic rings. The van der Waals surface area contributed by atoms with Crippen LogP contribution in [0.25, 0.3) is 0 Å². The van der Waals surface area contributed by atoms with Crippen molar-refractivity contribution in [1.82, 2.24) is 5.32 Å². The lowest BCUT2D eigenvalue weighted by atomic mass is 10.1. The molecule has 3 rings (SSSR count). The zero-order valence-electron chi connectivity index (χ0n) is 15.6. The molecular weight excluding hydrogens is 515 g/mol. The van der Waals surface area contributed by atoms with Crippen molar-refractivity contribution < 1.29 is 18.4 Å². The third-order valence-corrected chi connectivity index (χ3v) is 6.66. The van der Waals surface area contributed by atoms with Gasteiger partial charge in [-0.25, -0.2) is 8.78 Å². The quantitative estimate of drug-likeness (QED) is 0.333. The van der Waals surface area contributed by atoms with Crippen LogP contribution in [0, 0.1) is 17.6 Å². The number of halogens is 7. The summed E-state index contributed by atoms with van der Waals surface area (Å²) in [6.07, 6.45) is 0.522. The summed E-state index contributed by atoms with van der Waals surface area (Å²) in [6.45, 7) is 0.280. The lowest BCUT2D eigenvalue weighted by molar-refractivity contribution is -0.117. The van der Waals surface area contributed by atoms with Crippen LogP contribution in [-0.2, 0) is 4.79 Å². The van der Waals surface area contributed by atoms with Gasteiger partial charge in [0.2, 0.25) is 5.91 Å². The molecule has 0 aliphatic heterocycles. The van der Waals surface area contributed by atoms with E-state index in [9.17, 15) is 18.4 Å². The summed E-state index contributed by atoms with van der Waals surface area (Å²) in [7, 11) is 0. The van der Waals surface area contributed by atoms with Gasteiger partial charge in [-0.05, 0) is 36.2 Å². The van der Waals surface area contributed by atoms with Gasteiger partial charge in [-0.3, -0.25) is 9.59 Å². The highest BCUT2D eigenvalue weighted by atomic mass is 35.5. The second kappa shape index (κ2) is 9.67. The Balaban J connectivity index is 1.78. The van der Waals surface area contributed by atoms with Crippen molar-refractivity contribution in [2.45, 2.75) is 16.7 Å². The smallest absolute Gasteiger partial charge is 0.252 e. The lowest BCUT2D eigenvalue weighted by Crippen LogP contribution is -2.25. The maximum absolute atomic E-state index is 14.2. The maximum atomic E-state index is 14.2. The minimum absolute atomic E-state index is 0.00122. The number of nitrogens with one attached hydrogen (secondary N) is 2. The predicted octanol–water partition coefficient (Wildman–Crippen LogP) is 6.16. The Morgan fingerprint density at radius 2 is 1.77 bits per heavy atom. The molecule has 0 heterocycles. The Bertz CT molecular complexity index is 1030. The van der Waals surface area contributed by atoms with E-state index in [2.05, 4.69) is 10.6 Å². The molecule has 0 saturated heterocycles. The van der Waals surface area contributed by atoms with E-state index in [4.69, 9.17) is 58.0 Å². The van der Waals surface area contributed by atoms with Gasteiger partial charge in [0, 0.05) is 24.0 Å². The van der Waals surface area contributed by atoms with E-state index in [1.807, 2.05) is 0 Å². The average molecular weight is 531 g/mol. The number of anilines is 1. The van der Waals surface area contributed by atoms with Crippen LogP contribution in [-0.4, -0.2) is 28.6 Å². The van der Waals surface area contributed by atoms with Gasteiger partial charge in [-0.1, -0.05) is 29.3 Å². The summed E-state index contributed by atoms with van der Waals surface area (Å²) >= 11 is 29.8. The molecule has 166 valence electrons. The number of hydrogen-bond acceptors (Lipinski definition) is 2. The molecule has 0 radical (unpaired) electrons. The Labute approximate surface area is 202 Å². The van der Waals surface area contributed by atoms with Gasteiger partial charge in [-0.15, -0.1) is 34.8 Å². The van der Waals surface area contributed by atoms with E-state index in [0.717, 1.165) is 12.1 Å². The number of benzene rings is 2. The average Bonchev–Trinajstić information content (AvgIpc) is 3.28. The minimum Gasteiger partial charge on any atom is -0.352 e. The van der Waals surface area contributed by atoms with Crippen molar-refractivity contribution in [3.8, 4) is 0 Å². The summed E-state index contributed by atoms with van der Waals surface area (Å²) in [6, 6.07) is 6.16. The molecule has 0 aromatic heterocycles. The summed E-state index contributed by atoms with van der Waals surface area (Å²) in [5.41, 5.74) is 0.340. The largest absolute Gasteiger partial charge is 0.352 e. The fraction of sp³-hybridized carbons (Fsp3) is 0.300. The van der Waals surface area contributed by atoms with Crippen LogP contribution in [0.2, 0.25) is 10.0 Å². The highest BCUT2D eigenvalue weighted by Crippen LogP contribution is 2.65. The molecule has 2 amide bonds. The zero-order valence-corrected chi connectivity index (χ0v) is 19.4. The summed E-state index contributed by atoms with van der Waals surface area (Å²) < 4.78 is 26.2. The molecule has 1 aliphatic carbocycles. The van der Waals surface area contributed by atoms with Crippen LogP contribution in [0.5, 0.6) is 0 Å². The molecule has 0 bridgehead atoms. The van der Waals surface area contributed by atoms with Crippen molar-refractivity contribution in [1.29, 1.82) is 0 Å². The van der Waals surface area contributed by atoms with E-state index in [1.54, 1.807) is 0 Å². The van der Waals surface area contributed by atoms with Crippen LogP contribution in [0.3, 0.4) is 0 Å². The maximum Gasteiger partial charge on any atom is 0.252 e. The normalized spacial score (nSPS) is 19.1. The van der Waals surface area contributed by atoms with Gasteiger partial charge in [0.1, 0.15) is 16.0 Å². The first kappa shape index (κ1) is 24.3. The number of carbonyl (C=O) groups excluding carboxylic acids is 2. The van der Waals surface area contributed by atoms with E-state index < -0.39 is 39.6 Å². The summed E-state index contributed by atoms with van der Waals surface area (Å²) in [5, 5.41) is 4.56. The first-order valence-corrected chi connectivity index (χ1v) is 11.1. The van der Waals surface area contributed by atoms with Crippen LogP contribution < -0.4 is 10.6 Å². The third-order valence-electron chi connectivity index (χ3n) is 4.78. The van der Waals surface area contributed by atoms with Crippen LogP contribution in [0.15, 0.2) is 30.3 Å². The molecule has 4 nitrogen and oxygen atoms in total. The van der Waals surface area contributed by atoms with Gasteiger partial charge in [-0.2, -0.15) is 0 Å². The van der Waals surface area contributed by atoms with Gasteiger partial charge in [0.05, 0.1) is 21.5 Å². The van der Waals surface area contributed by atoms with Crippen LogP contribution >= 0.6 is 58.0 Å². The molecule has 1 aliphatic rings. The predicted molar refractivity (Wildman–Crippen MR) is 120 cm³/mol. The first-order valence-electron chi connectivity index (χ1n) is 9.04. The van der Waals surface area contributed by atoms with E-state index >= 15 is 0 Å².